The molecule has 0 saturated carbocycles. The number of carboxylic acid groups (broad SMARTS) is 1. The Balaban J connectivity index is 2.81. The van der Waals surface area contributed by atoms with Crippen molar-refractivity contribution in [2.45, 2.75) is 19.0 Å². The number of carbonyl (C=O) groups excluding carboxylic acids is 1. The molecule has 1 atom stereocenters. The molecule has 1 amide bonds. The topological polar surface area (TPSA) is 66.4 Å². The van der Waals surface area contributed by atoms with E-state index in [1.807, 2.05) is 0 Å². The molecule has 0 heterocycles. The van der Waals surface area contributed by atoms with E-state index in [2.05, 4.69) is 0 Å². The monoisotopic (exact) mass is 275 g/mol. The predicted molar refractivity (Wildman–Crippen MR) is 60.6 cm³/mol. The summed E-state index contributed by atoms with van der Waals surface area (Å²) in [5, 5.41) is 10.6. The quantitative estimate of drug-likeness (QED) is 0.881. The lowest BCUT2D eigenvalue weighted by molar-refractivity contribution is -0.173. The Hall–Kier alpha value is -2.05. The number of halogens is 3. The molecule has 0 fully saturated rings. The zero-order chi connectivity index (χ0) is 14.6. The van der Waals surface area contributed by atoms with Crippen molar-refractivity contribution in [3.8, 4) is 0 Å². The molecule has 2 N–H and O–H groups in total. The highest BCUT2D eigenvalue weighted by Gasteiger charge is 2.39. The van der Waals surface area contributed by atoms with Crippen LogP contribution in [0, 0.1) is 6.92 Å². The van der Waals surface area contributed by atoms with Crippen molar-refractivity contribution in [3.05, 3.63) is 35.4 Å². The number of hydrogen-bond acceptors (Lipinski definition) is 2. The van der Waals surface area contributed by atoms with Crippen LogP contribution in [-0.4, -0.2) is 29.7 Å². The standard InChI is InChI=1S/C12H12F3NO3/c1-7-3-2-4-8(5-7)9(10(17)18)6-16-11(19)12(13,14)15/h2-5,9H,6H2,1H3,(H,16,19)(H,17,18). The second-order valence-corrected chi connectivity index (χ2v) is 4.01. The van der Waals surface area contributed by atoms with E-state index in [-0.39, 0.29) is 0 Å². The third-order valence-electron chi connectivity index (χ3n) is 2.47. The van der Waals surface area contributed by atoms with Crippen molar-refractivity contribution in [2.24, 2.45) is 0 Å². The number of alkyl halides is 3. The molecule has 1 unspecified atom stereocenters. The average molecular weight is 275 g/mol. The van der Waals surface area contributed by atoms with Crippen LogP contribution in [0.15, 0.2) is 24.3 Å². The summed E-state index contributed by atoms with van der Waals surface area (Å²) in [6.45, 7) is 1.12. The molecule has 0 radical (unpaired) electrons. The SMILES string of the molecule is Cc1cccc(C(CNC(=O)C(F)(F)F)C(=O)O)c1. The number of benzene rings is 1. The Bertz CT molecular complexity index is 485. The van der Waals surface area contributed by atoms with Crippen LogP contribution in [0.2, 0.25) is 0 Å². The minimum atomic E-state index is -5.02. The van der Waals surface area contributed by atoms with Gasteiger partial charge in [0.25, 0.3) is 0 Å². The van der Waals surface area contributed by atoms with Crippen LogP contribution < -0.4 is 5.32 Å². The number of aliphatic carboxylic acids is 1. The van der Waals surface area contributed by atoms with E-state index in [1.165, 1.54) is 6.07 Å². The maximum absolute atomic E-state index is 12.0. The Morgan fingerprint density at radius 2 is 2.00 bits per heavy atom. The van der Waals surface area contributed by atoms with Crippen molar-refractivity contribution in [1.82, 2.24) is 5.32 Å². The van der Waals surface area contributed by atoms with Crippen molar-refractivity contribution in [1.29, 1.82) is 0 Å². The van der Waals surface area contributed by atoms with Gasteiger partial charge in [-0.2, -0.15) is 13.2 Å². The predicted octanol–water partition coefficient (Wildman–Crippen LogP) is 1.84. The van der Waals surface area contributed by atoms with Crippen LogP contribution in [0.4, 0.5) is 13.2 Å². The molecule has 104 valence electrons. The summed E-state index contributed by atoms with van der Waals surface area (Å²) in [7, 11) is 0. The van der Waals surface area contributed by atoms with Crippen molar-refractivity contribution < 1.29 is 27.9 Å². The molecule has 19 heavy (non-hydrogen) atoms. The Labute approximate surface area is 107 Å². The number of nitrogens with one attached hydrogen (secondary N) is 1. The Morgan fingerprint density at radius 3 is 2.47 bits per heavy atom. The van der Waals surface area contributed by atoms with Gasteiger partial charge in [-0.25, -0.2) is 0 Å². The Kier molecular flexibility index (Phi) is 4.52. The minimum Gasteiger partial charge on any atom is -0.481 e. The number of rotatable bonds is 4. The second-order valence-electron chi connectivity index (χ2n) is 4.01. The van der Waals surface area contributed by atoms with Gasteiger partial charge >= 0.3 is 18.1 Å². The fourth-order valence-corrected chi connectivity index (χ4v) is 1.53. The molecule has 0 spiro atoms. The van der Waals surface area contributed by atoms with E-state index in [0.717, 1.165) is 5.56 Å². The molecule has 1 aromatic carbocycles. The first-order chi connectivity index (χ1) is 8.71. The number of carboxylic acids is 1. The van der Waals surface area contributed by atoms with Crippen LogP contribution in [-0.2, 0) is 9.59 Å². The molecule has 0 saturated heterocycles. The van der Waals surface area contributed by atoms with Crippen LogP contribution in [0.5, 0.6) is 0 Å². The molecule has 1 aromatic rings. The van der Waals surface area contributed by atoms with Gasteiger partial charge in [0.05, 0.1) is 5.92 Å². The molecule has 0 aliphatic rings. The fraction of sp³-hybridized carbons (Fsp3) is 0.333. The summed E-state index contributed by atoms with van der Waals surface area (Å²) >= 11 is 0. The summed E-state index contributed by atoms with van der Waals surface area (Å²) < 4.78 is 36.0. The van der Waals surface area contributed by atoms with Gasteiger partial charge in [-0.3, -0.25) is 9.59 Å². The summed E-state index contributed by atoms with van der Waals surface area (Å²) in [5.41, 5.74) is 1.13. The highest BCUT2D eigenvalue weighted by atomic mass is 19.4. The van der Waals surface area contributed by atoms with Gasteiger partial charge in [-0.15, -0.1) is 0 Å². The molecule has 0 aliphatic carbocycles. The van der Waals surface area contributed by atoms with Gasteiger partial charge in [-0.05, 0) is 12.5 Å². The second kappa shape index (κ2) is 5.73. The van der Waals surface area contributed by atoms with E-state index in [4.69, 9.17) is 5.11 Å². The maximum Gasteiger partial charge on any atom is 0.471 e. The fourth-order valence-electron chi connectivity index (χ4n) is 1.53. The summed E-state index contributed by atoms with van der Waals surface area (Å²) in [5.74, 6) is -4.66. The highest BCUT2D eigenvalue weighted by molar-refractivity contribution is 5.83. The zero-order valence-corrected chi connectivity index (χ0v) is 9.99. The van der Waals surface area contributed by atoms with E-state index in [9.17, 15) is 22.8 Å². The number of carbonyl (C=O) groups is 2. The lowest BCUT2D eigenvalue weighted by atomic mass is 9.97. The van der Waals surface area contributed by atoms with Crippen LogP contribution >= 0.6 is 0 Å². The molecule has 4 nitrogen and oxygen atoms in total. The molecular weight excluding hydrogens is 263 g/mol. The van der Waals surface area contributed by atoms with Crippen LogP contribution in [0.25, 0.3) is 0 Å². The maximum atomic E-state index is 12.0. The molecular formula is C12H12F3NO3. The van der Waals surface area contributed by atoms with Gasteiger partial charge in [0.15, 0.2) is 0 Å². The minimum absolute atomic E-state index is 0.343. The lowest BCUT2D eigenvalue weighted by Crippen LogP contribution is -2.40. The molecule has 7 heteroatoms. The van der Waals surface area contributed by atoms with Gasteiger partial charge in [0.1, 0.15) is 0 Å². The number of hydrogen-bond donors (Lipinski definition) is 2. The first-order valence-electron chi connectivity index (χ1n) is 5.36. The van der Waals surface area contributed by atoms with Crippen molar-refractivity contribution >= 4 is 11.9 Å². The van der Waals surface area contributed by atoms with Crippen molar-refractivity contribution in [3.63, 3.8) is 0 Å². The van der Waals surface area contributed by atoms with E-state index in [1.54, 1.807) is 30.4 Å². The third kappa shape index (κ3) is 4.27. The van der Waals surface area contributed by atoms with E-state index >= 15 is 0 Å². The summed E-state index contributed by atoms with van der Waals surface area (Å²) in [4.78, 5) is 21.7. The van der Waals surface area contributed by atoms with Gasteiger partial charge in [0, 0.05) is 6.54 Å². The normalized spacial score (nSPS) is 12.8. The van der Waals surface area contributed by atoms with Gasteiger partial charge < -0.3 is 10.4 Å². The Morgan fingerprint density at radius 1 is 1.37 bits per heavy atom. The summed E-state index contributed by atoms with van der Waals surface area (Å²) in [6, 6.07) is 6.38. The smallest absolute Gasteiger partial charge is 0.471 e. The van der Waals surface area contributed by atoms with Gasteiger partial charge in [0.2, 0.25) is 0 Å². The van der Waals surface area contributed by atoms with Crippen molar-refractivity contribution in [2.75, 3.05) is 6.54 Å². The van der Waals surface area contributed by atoms with E-state index in [0.29, 0.717) is 5.56 Å². The average Bonchev–Trinajstić information content (AvgIpc) is 2.27. The zero-order valence-electron chi connectivity index (χ0n) is 9.99. The molecule has 0 aromatic heterocycles. The van der Waals surface area contributed by atoms with E-state index < -0.39 is 30.5 Å². The number of amides is 1. The third-order valence-corrected chi connectivity index (χ3v) is 2.47. The molecule has 1 rings (SSSR count). The lowest BCUT2D eigenvalue weighted by Gasteiger charge is -2.15. The largest absolute Gasteiger partial charge is 0.481 e. The van der Waals surface area contributed by atoms with Crippen LogP contribution in [0.1, 0.15) is 17.0 Å². The summed E-state index contributed by atoms with van der Waals surface area (Å²) in [6.07, 6.45) is -5.02. The molecule has 0 bridgehead atoms. The first kappa shape index (κ1) is 15.0. The number of aryl methyl sites for hydroxylation is 1. The van der Waals surface area contributed by atoms with Gasteiger partial charge in [-0.1, -0.05) is 29.8 Å². The highest BCUT2D eigenvalue weighted by Crippen LogP contribution is 2.18. The first-order valence-corrected chi connectivity index (χ1v) is 5.36. The molecule has 0 aliphatic heterocycles. The van der Waals surface area contributed by atoms with Crippen LogP contribution in [0.3, 0.4) is 0 Å².